The number of nitrogens with one attached hydrogen (secondary N) is 2. The first-order chi connectivity index (χ1) is 11.0. The highest BCUT2D eigenvalue weighted by molar-refractivity contribution is 5.99. The van der Waals surface area contributed by atoms with Gasteiger partial charge in [0.2, 0.25) is 5.91 Å². The third-order valence-corrected chi connectivity index (χ3v) is 4.22. The number of amides is 2. The van der Waals surface area contributed by atoms with Crippen LogP contribution in [0, 0.1) is 5.92 Å². The Morgan fingerprint density at radius 2 is 2.09 bits per heavy atom. The summed E-state index contributed by atoms with van der Waals surface area (Å²) in [6.45, 7) is 0. The monoisotopic (exact) mass is 318 g/mol. The van der Waals surface area contributed by atoms with Crippen LogP contribution in [0.15, 0.2) is 24.3 Å². The summed E-state index contributed by atoms with van der Waals surface area (Å²) >= 11 is 0. The predicted octanol–water partition coefficient (Wildman–Crippen LogP) is 1.15. The molecule has 3 rings (SSSR count). The number of carbonyl (C=O) groups is 3. The van der Waals surface area contributed by atoms with Crippen LogP contribution in [0.2, 0.25) is 0 Å². The maximum atomic E-state index is 12.1. The third-order valence-electron chi connectivity index (χ3n) is 4.22. The van der Waals surface area contributed by atoms with Gasteiger partial charge in [0.25, 0.3) is 5.91 Å². The second-order valence-corrected chi connectivity index (χ2v) is 5.91. The van der Waals surface area contributed by atoms with Crippen molar-refractivity contribution >= 4 is 23.5 Å². The summed E-state index contributed by atoms with van der Waals surface area (Å²) in [5, 5.41) is 14.5. The predicted molar refractivity (Wildman–Crippen MR) is 81.0 cm³/mol. The van der Waals surface area contributed by atoms with E-state index in [1.54, 1.807) is 24.3 Å². The Morgan fingerprint density at radius 1 is 1.30 bits per heavy atom. The van der Waals surface area contributed by atoms with Crippen LogP contribution in [0.4, 0.5) is 5.69 Å². The molecule has 1 aromatic rings. The number of benzene rings is 1. The topological polar surface area (TPSA) is 105 Å². The normalized spacial score (nSPS) is 25.9. The molecule has 7 heteroatoms. The zero-order chi connectivity index (χ0) is 16.4. The fourth-order valence-corrected chi connectivity index (χ4v) is 3.02. The van der Waals surface area contributed by atoms with E-state index in [4.69, 9.17) is 9.84 Å². The van der Waals surface area contributed by atoms with Gasteiger partial charge in [-0.2, -0.15) is 0 Å². The summed E-state index contributed by atoms with van der Waals surface area (Å²) in [5.41, 5.74) is 0.592. The van der Waals surface area contributed by atoms with Gasteiger partial charge in [-0.1, -0.05) is 12.1 Å². The minimum Gasteiger partial charge on any atom is -0.481 e. The third kappa shape index (κ3) is 3.44. The number of carbonyl (C=O) groups excluding carboxylic acids is 2. The first-order valence-corrected chi connectivity index (χ1v) is 7.61. The van der Waals surface area contributed by atoms with Crippen molar-refractivity contribution in [3.8, 4) is 5.75 Å². The van der Waals surface area contributed by atoms with Crippen LogP contribution in [-0.2, 0) is 14.4 Å². The Labute approximate surface area is 133 Å². The van der Waals surface area contributed by atoms with Crippen molar-refractivity contribution in [2.45, 2.75) is 37.8 Å². The molecule has 1 fully saturated rings. The molecule has 1 aliphatic carbocycles. The highest BCUT2D eigenvalue weighted by Gasteiger charge is 2.33. The highest BCUT2D eigenvalue weighted by atomic mass is 16.5. The minimum atomic E-state index is -0.874. The second kappa shape index (κ2) is 6.28. The standard InChI is InChI=1S/C16H18N2O5/c19-14(17-10-6-5-9(7-10)16(21)22)8-13-15(20)18-11-3-1-2-4-12(11)23-13/h1-4,9-10,13H,5-8H2,(H,17,19)(H,18,20)(H,21,22)/t9-,10+,13?/m1/s1. The maximum absolute atomic E-state index is 12.1. The van der Waals surface area contributed by atoms with Crippen LogP contribution < -0.4 is 15.4 Å². The lowest BCUT2D eigenvalue weighted by Crippen LogP contribution is -2.42. The van der Waals surface area contributed by atoms with E-state index in [1.807, 2.05) is 0 Å². The summed E-state index contributed by atoms with van der Waals surface area (Å²) in [7, 11) is 0. The van der Waals surface area contributed by atoms with E-state index < -0.39 is 18.0 Å². The molecule has 1 aromatic carbocycles. The average molecular weight is 318 g/mol. The van der Waals surface area contributed by atoms with Gasteiger partial charge in [-0.3, -0.25) is 14.4 Å². The number of fused-ring (bicyclic) bond motifs is 1. The van der Waals surface area contributed by atoms with Crippen molar-refractivity contribution in [1.29, 1.82) is 0 Å². The Hall–Kier alpha value is -2.57. The summed E-state index contributed by atoms with van der Waals surface area (Å²) in [6, 6.07) is 6.89. The van der Waals surface area contributed by atoms with E-state index in [-0.39, 0.29) is 24.3 Å². The number of ether oxygens (including phenoxy) is 1. The molecule has 2 amide bonds. The lowest BCUT2D eigenvalue weighted by molar-refractivity contribution is -0.141. The Bertz CT molecular complexity index is 645. The molecule has 0 bridgehead atoms. The fraction of sp³-hybridized carbons (Fsp3) is 0.438. The SMILES string of the molecule is O=C(CC1Oc2ccccc2NC1=O)N[C@H]1CC[C@@H](C(=O)O)C1. The van der Waals surface area contributed by atoms with Crippen molar-refractivity contribution in [2.24, 2.45) is 5.92 Å². The smallest absolute Gasteiger partial charge is 0.306 e. The van der Waals surface area contributed by atoms with Crippen LogP contribution in [0.1, 0.15) is 25.7 Å². The largest absolute Gasteiger partial charge is 0.481 e. The first kappa shape index (κ1) is 15.3. The molecule has 0 spiro atoms. The Morgan fingerprint density at radius 3 is 2.83 bits per heavy atom. The highest BCUT2D eigenvalue weighted by Crippen LogP contribution is 2.30. The summed E-state index contributed by atoms with van der Waals surface area (Å²) in [5.74, 6) is -1.35. The van der Waals surface area contributed by atoms with E-state index in [2.05, 4.69) is 10.6 Å². The van der Waals surface area contributed by atoms with Crippen LogP contribution in [-0.4, -0.2) is 35.0 Å². The molecule has 1 aliphatic heterocycles. The van der Waals surface area contributed by atoms with Gasteiger partial charge in [0.1, 0.15) is 5.75 Å². The Balaban J connectivity index is 1.54. The maximum Gasteiger partial charge on any atom is 0.306 e. The zero-order valence-electron chi connectivity index (χ0n) is 12.5. The average Bonchev–Trinajstić information content (AvgIpc) is 2.96. The summed E-state index contributed by atoms with van der Waals surface area (Å²) in [4.78, 5) is 35.0. The molecule has 1 saturated carbocycles. The van der Waals surface area contributed by atoms with Crippen LogP contribution in [0.3, 0.4) is 0 Å². The number of hydrogen-bond acceptors (Lipinski definition) is 4. The van der Waals surface area contributed by atoms with E-state index in [1.165, 1.54) is 0 Å². The van der Waals surface area contributed by atoms with Crippen molar-refractivity contribution in [2.75, 3.05) is 5.32 Å². The molecule has 23 heavy (non-hydrogen) atoms. The lowest BCUT2D eigenvalue weighted by Gasteiger charge is -2.25. The van der Waals surface area contributed by atoms with Gasteiger partial charge in [-0.25, -0.2) is 0 Å². The first-order valence-electron chi connectivity index (χ1n) is 7.61. The van der Waals surface area contributed by atoms with E-state index in [0.29, 0.717) is 30.7 Å². The number of anilines is 1. The molecule has 3 N–H and O–H groups in total. The van der Waals surface area contributed by atoms with E-state index in [9.17, 15) is 14.4 Å². The number of hydrogen-bond donors (Lipinski definition) is 3. The molecule has 1 heterocycles. The number of para-hydroxylation sites is 2. The molecule has 7 nitrogen and oxygen atoms in total. The summed E-state index contributed by atoms with van der Waals surface area (Å²) in [6.07, 6.45) is 0.675. The second-order valence-electron chi connectivity index (χ2n) is 5.91. The van der Waals surface area contributed by atoms with Crippen molar-refractivity contribution in [3.05, 3.63) is 24.3 Å². The van der Waals surface area contributed by atoms with Gasteiger partial charge in [-0.05, 0) is 31.4 Å². The van der Waals surface area contributed by atoms with E-state index in [0.717, 1.165) is 0 Å². The van der Waals surface area contributed by atoms with Crippen molar-refractivity contribution < 1.29 is 24.2 Å². The quantitative estimate of drug-likeness (QED) is 0.772. The molecule has 0 radical (unpaired) electrons. The van der Waals surface area contributed by atoms with Gasteiger partial charge in [-0.15, -0.1) is 0 Å². The minimum absolute atomic E-state index is 0.0889. The number of carboxylic acids is 1. The van der Waals surface area contributed by atoms with Gasteiger partial charge in [0, 0.05) is 6.04 Å². The number of rotatable bonds is 4. The van der Waals surface area contributed by atoms with Gasteiger partial charge in [0.05, 0.1) is 18.0 Å². The summed E-state index contributed by atoms with van der Waals surface area (Å²) < 4.78 is 5.57. The van der Waals surface area contributed by atoms with Crippen molar-refractivity contribution in [1.82, 2.24) is 5.32 Å². The van der Waals surface area contributed by atoms with Gasteiger partial charge >= 0.3 is 5.97 Å². The zero-order valence-corrected chi connectivity index (χ0v) is 12.5. The Kier molecular flexibility index (Phi) is 4.18. The van der Waals surface area contributed by atoms with Crippen LogP contribution in [0.5, 0.6) is 5.75 Å². The molecular formula is C16H18N2O5. The number of carboxylic acid groups (broad SMARTS) is 1. The fourth-order valence-electron chi connectivity index (χ4n) is 3.02. The molecular weight excluding hydrogens is 300 g/mol. The molecule has 3 atom stereocenters. The van der Waals surface area contributed by atoms with Gasteiger partial charge < -0.3 is 20.5 Å². The molecule has 0 aromatic heterocycles. The van der Waals surface area contributed by atoms with Crippen molar-refractivity contribution in [3.63, 3.8) is 0 Å². The molecule has 0 saturated heterocycles. The van der Waals surface area contributed by atoms with Crippen LogP contribution >= 0.6 is 0 Å². The number of aliphatic carboxylic acids is 1. The lowest BCUT2D eigenvalue weighted by atomic mass is 10.1. The molecule has 2 aliphatic rings. The van der Waals surface area contributed by atoms with Crippen LogP contribution in [0.25, 0.3) is 0 Å². The molecule has 122 valence electrons. The van der Waals surface area contributed by atoms with E-state index >= 15 is 0 Å². The van der Waals surface area contributed by atoms with Gasteiger partial charge in [0.15, 0.2) is 6.10 Å². The molecule has 1 unspecified atom stereocenters.